The van der Waals surface area contributed by atoms with Gasteiger partial charge in [-0.05, 0) is 29.8 Å². The van der Waals surface area contributed by atoms with E-state index in [9.17, 15) is 4.79 Å². The molecule has 0 fully saturated rings. The van der Waals surface area contributed by atoms with Crippen molar-refractivity contribution in [3.8, 4) is 11.5 Å². The zero-order chi connectivity index (χ0) is 14.7. The molecule has 0 saturated heterocycles. The number of nitrogens with zero attached hydrogens (tertiary/aromatic N) is 2. The van der Waals surface area contributed by atoms with E-state index in [0.717, 1.165) is 11.3 Å². The van der Waals surface area contributed by atoms with Crippen molar-refractivity contribution in [2.24, 2.45) is 0 Å². The van der Waals surface area contributed by atoms with Crippen LogP contribution in [0.5, 0.6) is 11.5 Å². The molecule has 1 aromatic heterocycles. The van der Waals surface area contributed by atoms with Crippen LogP contribution in [0.1, 0.15) is 16.1 Å². The zero-order valence-electron chi connectivity index (χ0n) is 11.4. The highest BCUT2D eigenvalue weighted by molar-refractivity contribution is 5.92. The van der Waals surface area contributed by atoms with Gasteiger partial charge in [-0.25, -0.2) is 0 Å². The summed E-state index contributed by atoms with van der Waals surface area (Å²) in [7, 11) is 1.74. The van der Waals surface area contributed by atoms with Gasteiger partial charge >= 0.3 is 0 Å². The first kappa shape index (κ1) is 13.2. The second-order valence-corrected chi connectivity index (χ2v) is 4.42. The summed E-state index contributed by atoms with van der Waals surface area (Å²) < 4.78 is 10.5. The molecular formula is C14H14N4O3. The largest absolute Gasteiger partial charge is 0.454 e. The highest BCUT2D eigenvalue weighted by atomic mass is 16.7. The number of hydrogen-bond donors (Lipinski definition) is 2. The number of rotatable bonds is 4. The Hall–Kier alpha value is -2.83. The molecule has 1 amide bonds. The first-order chi connectivity index (χ1) is 10.3. The Bertz CT molecular complexity index is 658. The molecule has 108 valence electrons. The molecule has 0 aliphatic carbocycles. The molecule has 21 heavy (non-hydrogen) atoms. The van der Waals surface area contributed by atoms with Crippen LogP contribution in [-0.4, -0.2) is 29.9 Å². The van der Waals surface area contributed by atoms with Gasteiger partial charge in [0.15, 0.2) is 17.2 Å². The third kappa shape index (κ3) is 2.86. The topological polar surface area (TPSA) is 85.4 Å². The lowest BCUT2D eigenvalue weighted by atomic mass is 10.2. The molecule has 0 bridgehead atoms. The molecule has 3 rings (SSSR count). The molecule has 0 saturated carbocycles. The summed E-state index contributed by atoms with van der Waals surface area (Å²) in [6.45, 7) is 0.615. The first-order valence-electron chi connectivity index (χ1n) is 6.44. The van der Waals surface area contributed by atoms with Gasteiger partial charge in [0.05, 0.1) is 0 Å². The molecular weight excluding hydrogens is 272 g/mol. The number of fused-ring (bicyclic) bond motifs is 1. The van der Waals surface area contributed by atoms with E-state index in [-0.39, 0.29) is 18.4 Å². The Labute approximate surface area is 121 Å². The highest BCUT2D eigenvalue weighted by Crippen LogP contribution is 2.32. The number of carbonyl (C=O) groups excluding carboxylic acids is 1. The molecule has 0 unspecified atom stereocenters. The minimum absolute atomic E-state index is 0.235. The van der Waals surface area contributed by atoms with E-state index < -0.39 is 0 Å². The molecule has 2 heterocycles. The fourth-order valence-electron chi connectivity index (χ4n) is 1.91. The summed E-state index contributed by atoms with van der Waals surface area (Å²) in [5, 5.41) is 13.3. The average Bonchev–Trinajstić information content (AvgIpc) is 3.00. The van der Waals surface area contributed by atoms with Crippen molar-refractivity contribution in [1.82, 2.24) is 15.5 Å². The van der Waals surface area contributed by atoms with Gasteiger partial charge in [-0.15, -0.1) is 10.2 Å². The van der Waals surface area contributed by atoms with E-state index >= 15 is 0 Å². The van der Waals surface area contributed by atoms with E-state index in [1.165, 1.54) is 0 Å². The van der Waals surface area contributed by atoms with Crippen LogP contribution in [0.15, 0.2) is 30.3 Å². The number of ether oxygens (including phenoxy) is 2. The Kier molecular flexibility index (Phi) is 3.55. The standard InChI is InChI=1S/C14H14N4O3/c1-15-13-5-3-10(17-18-13)14(19)16-7-9-2-4-11-12(6-9)21-8-20-11/h2-6H,7-8H2,1H3,(H,15,18)(H,16,19). The number of carbonyl (C=O) groups is 1. The van der Waals surface area contributed by atoms with Crippen molar-refractivity contribution in [3.05, 3.63) is 41.6 Å². The summed E-state index contributed by atoms with van der Waals surface area (Å²) >= 11 is 0. The number of anilines is 1. The van der Waals surface area contributed by atoms with Crippen LogP contribution in [0, 0.1) is 0 Å². The van der Waals surface area contributed by atoms with Crippen molar-refractivity contribution >= 4 is 11.7 Å². The molecule has 0 radical (unpaired) electrons. The fourth-order valence-corrected chi connectivity index (χ4v) is 1.91. The van der Waals surface area contributed by atoms with Gasteiger partial charge in [-0.1, -0.05) is 6.07 Å². The second kappa shape index (κ2) is 5.66. The molecule has 1 aromatic carbocycles. The van der Waals surface area contributed by atoms with E-state index in [1.54, 1.807) is 19.2 Å². The number of hydrogen-bond acceptors (Lipinski definition) is 6. The van der Waals surface area contributed by atoms with Gasteiger partial charge in [0.2, 0.25) is 6.79 Å². The highest BCUT2D eigenvalue weighted by Gasteiger charge is 2.14. The van der Waals surface area contributed by atoms with Gasteiger partial charge in [0.1, 0.15) is 5.82 Å². The number of aromatic nitrogens is 2. The maximum atomic E-state index is 12.0. The predicted molar refractivity (Wildman–Crippen MR) is 75.3 cm³/mol. The first-order valence-corrected chi connectivity index (χ1v) is 6.44. The molecule has 7 nitrogen and oxygen atoms in total. The Morgan fingerprint density at radius 1 is 1.19 bits per heavy atom. The normalized spacial score (nSPS) is 12.0. The van der Waals surface area contributed by atoms with Gasteiger partial charge in [0, 0.05) is 13.6 Å². The molecule has 1 aliphatic rings. The molecule has 7 heteroatoms. The van der Waals surface area contributed by atoms with Crippen LogP contribution in [-0.2, 0) is 6.54 Å². The number of benzene rings is 1. The zero-order valence-corrected chi connectivity index (χ0v) is 11.4. The molecule has 0 spiro atoms. The van der Waals surface area contributed by atoms with E-state index in [1.807, 2.05) is 18.2 Å². The molecule has 2 aromatic rings. The van der Waals surface area contributed by atoms with Gasteiger partial charge < -0.3 is 20.1 Å². The van der Waals surface area contributed by atoms with Crippen LogP contribution in [0.25, 0.3) is 0 Å². The summed E-state index contributed by atoms with van der Waals surface area (Å²) in [5.74, 6) is 1.75. The van der Waals surface area contributed by atoms with Crippen molar-refractivity contribution < 1.29 is 14.3 Å². The van der Waals surface area contributed by atoms with Crippen molar-refractivity contribution in [2.45, 2.75) is 6.54 Å². The smallest absolute Gasteiger partial charge is 0.272 e. The second-order valence-electron chi connectivity index (χ2n) is 4.42. The Morgan fingerprint density at radius 2 is 2.05 bits per heavy atom. The van der Waals surface area contributed by atoms with Gasteiger partial charge in [-0.2, -0.15) is 0 Å². The van der Waals surface area contributed by atoms with E-state index in [0.29, 0.717) is 18.1 Å². The van der Waals surface area contributed by atoms with Crippen LogP contribution >= 0.6 is 0 Å². The summed E-state index contributed by atoms with van der Waals surface area (Å²) in [6, 6.07) is 8.86. The summed E-state index contributed by atoms with van der Waals surface area (Å²) in [6.07, 6.45) is 0. The van der Waals surface area contributed by atoms with Crippen molar-refractivity contribution in [2.75, 3.05) is 19.2 Å². The molecule has 1 aliphatic heterocycles. The molecule has 2 N–H and O–H groups in total. The SMILES string of the molecule is CNc1ccc(C(=O)NCc2ccc3c(c2)OCO3)nn1. The quantitative estimate of drug-likeness (QED) is 0.877. The van der Waals surface area contributed by atoms with E-state index in [4.69, 9.17) is 9.47 Å². The third-order valence-corrected chi connectivity index (χ3v) is 3.04. The maximum Gasteiger partial charge on any atom is 0.272 e. The van der Waals surface area contributed by atoms with Crippen molar-refractivity contribution in [1.29, 1.82) is 0 Å². The van der Waals surface area contributed by atoms with Crippen LogP contribution in [0.3, 0.4) is 0 Å². The lowest BCUT2D eigenvalue weighted by Gasteiger charge is -2.06. The van der Waals surface area contributed by atoms with Crippen LogP contribution in [0.2, 0.25) is 0 Å². The van der Waals surface area contributed by atoms with Gasteiger partial charge in [0.25, 0.3) is 5.91 Å². The Morgan fingerprint density at radius 3 is 2.81 bits per heavy atom. The number of amides is 1. The minimum atomic E-state index is -0.275. The van der Waals surface area contributed by atoms with E-state index in [2.05, 4.69) is 20.8 Å². The fraction of sp³-hybridized carbons (Fsp3) is 0.214. The summed E-state index contributed by atoms with van der Waals surface area (Å²) in [5.41, 5.74) is 1.20. The average molecular weight is 286 g/mol. The van der Waals surface area contributed by atoms with Crippen LogP contribution < -0.4 is 20.1 Å². The Balaban J connectivity index is 1.62. The maximum absolute atomic E-state index is 12.0. The van der Waals surface area contributed by atoms with Crippen molar-refractivity contribution in [3.63, 3.8) is 0 Å². The summed E-state index contributed by atoms with van der Waals surface area (Å²) in [4.78, 5) is 12.0. The number of nitrogens with one attached hydrogen (secondary N) is 2. The van der Waals surface area contributed by atoms with Crippen LogP contribution in [0.4, 0.5) is 5.82 Å². The predicted octanol–water partition coefficient (Wildman–Crippen LogP) is 1.18. The van der Waals surface area contributed by atoms with Gasteiger partial charge in [-0.3, -0.25) is 4.79 Å². The lowest BCUT2D eigenvalue weighted by molar-refractivity contribution is 0.0945. The molecule has 0 atom stereocenters. The third-order valence-electron chi connectivity index (χ3n) is 3.04. The minimum Gasteiger partial charge on any atom is -0.454 e. The lowest BCUT2D eigenvalue weighted by Crippen LogP contribution is -2.24. The monoisotopic (exact) mass is 286 g/mol.